The van der Waals surface area contributed by atoms with Crippen LogP contribution in [0.4, 0.5) is 0 Å². The van der Waals surface area contributed by atoms with Crippen LogP contribution in [0.5, 0.6) is 11.5 Å². The van der Waals surface area contributed by atoms with Gasteiger partial charge >= 0.3 is 0 Å². The van der Waals surface area contributed by atoms with E-state index in [1.54, 1.807) is 0 Å². The van der Waals surface area contributed by atoms with Crippen molar-refractivity contribution in [3.05, 3.63) is 22.7 Å². The minimum absolute atomic E-state index is 0.269. The van der Waals surface area contributed by atoms with Gasteiger partial charge < -0.3 is 14.6 Å². The van der Waals surface area contributed by atoms with Crippen LogP contribution >= 0.6 is 11.6 Å². The molecule has 1 aliphatic heterocycles. The molecule has 0 aromatic heterocycles. The first kappa shape index (κ1) is 17.4. The van der Waals surface area contributed by atoms with Crippen LogP contribution in [0.2, 0.25) is 5.02 Å². The smallest absolute Gasteiger partial charge is 0.179 e. The van der Waals surface area contributed by atoms with E-state index in [2.05, 4.69) is 11.8 Å². The predicted molar refractivity (Wildman–Crippen MR) is 88.9 cm³/mol. The molecule has 5 heteroatoms. The molecule has 1 heterocycles. The monoisotopic (exact) mass is 327 g/mol. The Labute approximate surface area is 138 Å². The van der Waals surface area contributed by atoms with Crippen LogP contribution in [0.25, 0.3) is 0 Å². The highest BCUT2D eigenvalue weighted by atomic mass is 35.5. The molecule has 22 heavy (non-hydrogen) atoms. The summed E-state index contributed by atoms with van der Waals surface area (Å²) in [4.78, 5) is 2.34. The van der Waals surface area contributed by atoms with Crippen LogP contribution in [0.3, 0.4) is 0 Å². The Hall–Kier alpha value is -0.970. The summed E-state index contributed by atoms with van der Waals surface area (Å²) in [6.07, 6.45) is 1.99. The van der Waals surface area contributed by atoms with Crippen LogP contribution in [0.15, 0.2) is 12.1 Å². The summed E-state index contributed by atoms with van der Waals surface area (Å²) >= 11 is 6.38. The fourth-order valence-electron chi connectivity index (χ4n) is 2.78. The number of aliphatic hydroxyl groups is 1. The molecule has 0 bridgehead atoms. The molecule has 0 radical (unpaired) electrons. The number of hydrogen-bond donors (Lipinski definition) is 1. The molecule has 1 fully saturated rings. The summed E-state index contributed by atoms with van der Waals surface area (Å²) < 4.78 is 11.4. The van der Waals surface area contributed by atoms with Gasteiger partial charge in [-0.25, -0.2) is 0 Å². The molecule has 4 nitrogen and oxygen atoms in total. The van der Waals surface area contributed by atoms with Gasteiger partial charge in [-0.05, 0) is 49.9 Å². The fourth-order valence-corrected chi connectivity index (χ4v) is 3.07. The first-order valence-corrected chi connectivity index (χ1v) is 8.46. The molecule has 0 spiro atoms. The second-order valence-corrected chi connectivity index (χ2v) is 6.17. The average Bonchev–Trinajstić information content (AvgIpc) is 2.94. The summed E-state index contributed by atoms with van der Waals surface area (Å²) in [5.41, 5.74) is 1.12. The van der Waals surface area contributed by atoms with Crippen molar-refractivity contribution in [3.8, 4) is 11.5 Å². The summed E-state index contributed by atoms with van der Waals surface area (Å²) in [6.45, 7) is 8.27. The van der Waals surface area contributed by atoms with Gasteiger partial charge in [0, 0.05) is 19.7 Å². The molecule has 1 atom stereocenters. The van der Waals surface area contributed by atoms with Crippen molar-refractivity contribution in [1.82, 2.24) is 4.90 Å². The second kappa shape index (κ2) is 8.61. The minimum atomic E-state index is 0.269. The van der Waals surface area contributed by atoms with E-state index in [1.165, 1.54) is 0 Å². The maximum atomic E-state index is 9.24. The van der Waals surface area contributed by atoms with E-state index in [1.807, 2.05) is 19.1 Å². The van der Waals surface area contributed by atoms with Crippen molar-refractivity contribution in [2.24, 2.45) is 5.92 Å². The third-order valence-corrected chi connectivity index (χ3v) is 4.13. The number of rotatable bonds is 8. The summed E-state index contributed by atoms with van der Waals surface area (Å²) in [6, 6.07) is 3.98. The Morgan fingerprint density at radius 3 is 2.77 bits per heavy atom. The van der Waals surface area contributed by atoms with Gasteiger partial charge in [-0.1, -0.05) is 18.5 Å². The van der Waals surface area contributed by atoms with Gasteiger partial charge in [0.25, 0.3) is 0 Å². The molecule has 0 amide bonds. The highest BCUT2D eigenvalue weighted by molar-refractivity contribution is 6.32. The Bertz CT molecular complexity index is 481. The van der Waals surface area contributed by atoms with Crippen LogP contribution in [0.1, 0.15) is 32.3 Å². The van der Waals surface area contributed by atoms with Crippen LogP contribution in [-0.2, 0) is 6.54 Å². The van der Waals surface area contributed by atoms with E-state index >= 15 is 0 Å². The molecule has 1 aromatic carbocycles. The molecule has 1 aliphatic rings. The third kappa shape index (κ3) is 4.51. The molecule has 0 aliphatic carbocycles. The zero-order valence-corrected chi connectivity index (χ0v) is 14.2. The second-order valence-electron chi connectivity index (χ2n) is 5.76. The quantitative estimate of drug-likeness (QED) is 0.795. The van der Waals surface area contributed by atoms with Crippen molar-refractivity contribution in [3.63, 3.8) is 0 Å². The minimum Gasteiger partial charge on any atom is -0.490 e. The topological polar surface area (TPSA) is 41.9 Å². The predicted octanol–water partition coefficient (Wildman–Crippen LogP) is 3.34. The first-order valence-electron chi connectivity index (χ1n) is 8.09. The summed E-state index contributed by atoms with van der Waals surface area (Å²) in [5, 5.41) is 9.85. The summed E-state index contributed by atoms with van der Waals surface area (Å²) in [7, 11) is 0. The van der Waals surface area contributed by atoms with E-state index in [0.717, 1.165) is 43.8 Å². The summed E-state index contributed by atoms with van der Waals surface area (Å²) in [5.74, 6) is 1.76. The SMILES string of the molecule is CCCOc1c(Cl)cc(CN2CCC(CO)C2)cc1OCC. The maximum Gasteiger partial charge on any atom is 0.179 e. The molecular weight excluding hydrogens is 302 g/mol. The van der Waals surface area contributed by atoms with Crippen molar-refractivity contribution < 1.29 is 14.6 Å². The van der Waals surface area contributed by atoms with Gasteiger partial charge in [-0.2, -0.15) is 0 Å². The van der Waals surface area contributed by atoms with Gasteiger partial charge in [0.1, 0.15) is 0 Å². The van der Waals surface area contributed by atoms with Gasteiger partial charge in [-0.15, -0.1) is 0 Å². The van der Waals surface area contributed by atoms with Crippen molar-refractivity contribution in [2.75, 3.05) is 32.9 Å². The third-order valence-electron chi connectivity index (χ3n) is 3.85. The van der Waals surface area contributed by atoms with Crippen molar-refractivity contribution >= 4 is 11.6 Å². The van der Waals surface area contributed by atoms with E-state index in [9.17, 15) is 5.11 Å². The van der Waals surface area contributed by atoms with E-state index in [0.29, 0.717) is 29.9 Å². The zero-order chi connectivity index (χ0) is 15.9. The van der Waals surface area contributed by atoms with Gasteiger partial charge in [0.2, 0.25) is 0 Å². The lowest BCUT2D eigenvalue weighted by Gasteiger charge is -2.19. The molecule has 1 aromatic rings. The lowest BCUT2D eigenvalue weighted by atomic mass is 10.1. The molecule has 124 valence electrons. The number of halogens is 1. The first-order chi connectivity index (χ1) is 10.7. The average molecular weight is 328 g/mol. The van der Waals surface area contributed by atoms with Crippen LogP contribution in [-0.4, -0.2) is 42.9 Å². The lowest BCUT2D eigenvalue weighted by Crippen LogP contribution is -2.21. The lowest BCUT2D eigenvalue weighted by molar-refractivity contribution is 0.220. The molecule has 0 saturated carbocycles. The maximum absolute atomic E-state index is 9.24. The molecule has 2 rings (SSSR count). The Balaban J connectivity index is 2.11. The van der Waals surface area contributed by atoms with Gasteiger partial charge in [-0.3, -0.25) is 4.90 Å². The Morgan fingerprint density at radius 2 is 2.14 bits per heavy atom. The Morgan fingerprint density at radius 1 is 1.32 bits per heavy atom. The van der Waals surface area contributed by atoms with Crippen LogP contribution in [0, 0.1) is 5.92 Å². The number of nitrogens with zero attached hydrogens (tertiary/aromatic N) is 1. The zero-order valence-electron chi connectivity index (χ0n) is 13.5. The van der Waals surface area contributed by atoms with Gasteiger partial charge in [0.15, 0.2) is 11.5 Å². The van der Waals surface area contributed by atoms with E-state index < -0.39 is 0 Å². The van der Waals surface area contributed by atoms with Crippen molar-refractivity contribution in [1.29, 1.82) is 0 Å². The van der Waals surface area contributed by atoms with Gasteiger partial charge in [0.05, 0.1) is 18.2 Å². The fraction of sp³-hybridized carbons (Fsp3) is 0.647. The molecule has 1 unspecified atom stereocenters. The van der Waals surface area contributed by atoms with Crippen LogP contribution < -0.4 is 9.47 Å². The van der Waals surface area contributed by atoms with E-state index in [-0.39, 0.29) is 6.61 Å². The largest absolute Gasteiger partial charge is 0.490 e. The van der Waals surface area contributed by atoms with E-state index in [4.69, 9.17) is 21.1 Å². The molecule has 1 N–H and O–H groups in total. The highest BCUT2D eigenvalue weighted by Gasteiger charge is 2.22. The number of hydrogen-bond acceptors (Lipinski definition) is 4. The Kier molecular flexibility index (Phi) is 6.80. The normalized spacial score (nSPS) is 18.6. The van der Waals surface area contributed by atoms with Crippen molar-refractivity contribution in [2.45, 2.75) is 33.2 Å². The number of ether oxygens (including phenoxy) is 2. The standard InChI is InChI=1S/C17H26ClNO3/c1-3-7-22-17-15(18)8-14(9-16(17)21-4-2)11-19-6-5-13(10-19)12-20/h8-9,13,20H,3-7,10-12H2,1-2H3. The number of aliphatic hydroxyl groups excluding tert-OH is 1. The highest BCUT2D eigenvalue weighted by Crippen LogP contribution is 2.37. The molecular formula is C17H26ClNO3. The number of benzene rings is 1. The number of likely N-dealkylation sites (tertiary alicyclic amines) is 1. The molecule has 1 saturated heterocycles.